The summed E-state index contributed by atoms with van der Waals surface area (Å²) in [6, 6.07) is 24.5. The fourth-order valence-electron chi connectivity index (χ4n) is 3.79. The molecule has 0 radical (unpaired) electrons. The van der Waals surface area contributed by atoms with Gasteiger partial charge in [-0.2, -0.15) is 0 Å². The highest BCUT2D eigenvalue weighted by molar-refractivity contribution is 6.08. The smallest absolute Gasteiger partial charge is 0.258 e. The van der Waals surface area contributed by atoms with E-state index in [4.69, 9.17) is 0 Å². The van der Waals surface area contributed by atoms with Crippen molar-refractivity contribution in [2.75, 3.05) is 16.8 Å². The van der Waals surface area contributed by atoms with Gasteiger partial charge in [0.05, 0.1) is 5.56 Å². The van der Waals surface area contributed by atoms with E-state index in [1.165, 1.54) is 18.0 Å². The average Bonchev–Trinajstić information content (AvgIpc) is 3.29. The van der Waals surface area contributed by atoms with Crippen molar-refractivity contribution in [2.45, 2.75) is 6.42 Å². The maximum absolute atomic E-state index is 12.9. The minimum Gasteiger partial charge on any atom is -0.322 e. The summed E-state index contributed by atoms with van der Waals surface area (Å²) in [7, 11) is 0. The lowest BCUT2D eigenvalue weighted by molar-refractivity contribution is 0.0988. The maximum Gasteiger partial charge on any atom is 0.258 e. The van der Waals surface area contributed by atoms with Crippen molar-refractivity contribution in [1.29, 1.82) is 0 Å². The number of hydrogen-bond acceptors (Lipinski definition) is 4. The Morgan fingerprint density at radius 1 is 0.781 bits per heavy atom. The lowest BCUT2D eigenvalue weighted by Gasteiger charge is -2.17. The molecule has 5 rings (SSSR count). The number of nitrogens with zero attached hydrogens (tertiary/aromatic N) is 3. The second-order valence-electron chi connectivity index (χ2n) is 7.53. The minimum atomic E-state index is -0.308. The van der Waals surface area contributed by atoms with Gasteiger partial charge in [0.15, 0.2) is 5.82 Å². The molecule has 2 amide bonds. The Bertz CT molecular complexity index is 1270. The van der Waals surface area contributed by atoms with Gasteiger partial charge in [-0.05, 0) is 42.3 Å². The number of amides is 2. The highest BCUT2D eigenvalue weighted by atomic mass is 16.2. The van der Waals surface area contributed by atoms with E-state index >= 15 is 0 Å². The van der Waals surface area contributed by atoms with Crippen LogP contribution in [-0.2, 0) is 6.42 Å². The summed E-state index contributed by atoms with van der Waals surface area (Å²) in [4.78, 5) is 35.9. The summed E-state index contributed by atoms with van der Waals surface area (Å²) < 4.78 is 0. The highest BCUT2D eigenvalue weighted by Crippen LogP contribution is 2.29. The normalized spacial score (nSPS) is 12.3. The van der Waals surface area contributed by atoms with Crippen molar-refractivity contribution in [1.82, 2.24) is 9.97 Å². The van der Waals surface area contributed by atoms with Crippen LogP contribution in [0.2, 0.25) is 0 Å². The van der Waals surface area contributed by atoms with Crippen LogP contribution < -0.4 is 10.2 Å². The molecule has 1 N–H and O–H groups in total. The van der Waals surface area contributed by atoms with Gasteiger partial charge in [0.1, 0.15) is 0 Å². The number of carbonyl (C=O) groups is 2. The Morgan fingerprint density at radius 2 is 1.47 bits per heavy atom. The quantitative estimate of drug-likeness (QED) is 0.524. The Labute approximate surface area is 185 Å². The zero-order valence-corrected chi connectivity index (χ0v) is 17.2. The largest absolute Gasteiger partial charge is 0.322 e. The Morgan fingerprint density at radius 3 is 2.22 bits per heavy atom. The molecule has 3 aromatic carbocycles. The Kier molecular flexibility index (Phi) is 5.17. The van der Waals surface area contributed by atoms with Crippen LogP contribution in [0.15, 0.2) is 91.3 Å². The van der Waals surface area contributed by atoms with E-state index in [2.05, 4.69) is 21.4 Å². The van der Waals surface area contributed by atoms with Gasteiger partial charge in [-0.1, -0.05) is 48.5 Å². The van der Waals surface area contributed by atoms with Crippen LogP contribution >= 0.6 is 0 Å². The second-order valence-corrected chi connectivity index (χ2v) is 7.53. The van der Waals surface area contributed by atoms with Gasteiger partial charge >= 0.3 is 0 Å². The molecule has 6 nitrogen and oxygen atoms in total. The highest BCUT2D eigenvalue weighted by Gasteiger charge is 2.25. The van der Waals surface area contributed by atoms with Gasteiger partial charge in [-0.3, -0.25) is 9.59 Å². The molecule has 0 atom stereocenters. The van der Waals surface area contributed by atoms with Crippen LogP contribution in [-0.4, -0.2) is 28.3 Å². The van der Waals surface area contributed by atoms with Crippen molar-refractivity contribution in [3.05, 3.63) is 108 Å². The summed E-state index contributed by atoms with van der Waals surface area (Å²) in [6.45, 7) is 0.676. The van der Waals surface area contributed by atoms with Crippen molar-refractivity contribution in [2.24, 2.45) is 0 Å². The second kappa shape index (κ2) is 8.43. The van der Waals surface area contributed by atoms with Crippen molar-refractivity contribution in [3.63, 3.8) is 0 Å². The number of fused-ring (bicyclic) bond motifs is 1. The monoisotopic (exact) mass is 420 g/mol. The van der Waals surface area contributed by atoms with Gasteiger partial charge in [0.2, 0.25) is 0 Å². The van der Waals surface area contributed by atoms with Crippen LogP contribution in [0.4, 0.5) is 11.4 Å². The van der Waals surface area contributed by atoms with Crippen LogP contribution in [0, 0.1) is 0 Å². The van der Waals surface area contributed by atoms with Gasteiger partial charge < -0.3 is 10.2 Å². The van der Waals surface area contributed by atoms with Crippen molar-refractivity contribution in [3.8, 4) is 11.4 Å². The van der Waals surface area contributed by atoms with Crippen molar-refractivity contribution >= 4 is 23.2 Å². The van der Waals surface area contributed by atoms with E-state index in [0.29, 0.717) is 29.2 Å². The summed E-state index contributed by atoms with van der Waals surface area (Å²) in [5.74, 6) is 0.211. The standard InChI is InChI=1S/C26H20N4O2/c31-25(21-16-27-24(28-17-21)19-7-2-1-3-8-19)29-22-12-10-20(11-13-22)26(32)30-15-14-18-6-4-5-9-23(18)30/h1-13,16-17H,14-15H2,(H,29,31). The fourth-order valence-corrected chi connectivity index (χ4v) is 3.79. The van der Waals surface area contributed by atoms with Crippen LogP contribution in [0.25, 0.3) is 11.4 Å². The third-order valence-corrected chi connectivity index (χ3v) is 5.47. The predicted octanol–water partition coefficient (Wildman–Crippen LogP) is 4.60. The third kappa shape index (κ3) is 3.86. The van der Waals surface area contributed by atoms with E-state index in [9.17, 15) is 9.59 Å². The average molecular weight is 420 g/mol. The van der Waals surface area contributed by atoms with E-state index in [1.807, 2.05) is 48.5 Å². The molecule has 1 aromatic heterocycles. The zero-order valence-electron chi connectivity index (χ0n) is 17.2. The molecule has 0 saturated heterocycles. The Hall–Kier alpha value is -4.32. The Balaban J connectivity index is 1.26. The number of anilines is 2. The molecular formula is C26H20N4O2. The number of carbonyl (C=O) groups excluding carboxylic acids is 2. The third-order valence-electron chi connectivity index (χ3n) is 5.47. The molecule has 0 aliphatic carbocycles. The minimum absolute atomic E-state index is 0.0438. The molecular weight excluding hydrogens is 400 g/mol. The number of hydrogen-bond donors (Lipinski definition) is 1. The molecule has 0 fully saturated rings. The van der Waals surface area contributed by atoms with Crippen LogP contribution in [0.3, 0.4) is 0 Å². The molecule has 2 heterocycles. The molecule has 4 aromatic rings. The number of aromatic nitrogens is 2. The maximum atomic E-state index is 12.9. The van der Waals surface area contributed by atoms with E-state index in [-0.39, 0.29) is 11.8 Å². The molecule has 0 saturated carbocycles. The van der Waals surface area contributed by atoms with Crippen LogP contribution in [0.1, 0.15) is 26.3 Å². The van der Waals surface area contributed by atoms with Crippen LogP contribution in [0.5, 0.6) is 0 Å². The van der Waals surface area contributed by atoms with Crippen molar-refractivity contribution < 1.29 is 9.59 Å². The lowest BCUT2D eigenvalue weighted by Crippen LogP contribution is -2.28. The summed E-state index contributed by atoms with van der Waals surface area (Å²) in [5, 5.41) is 2.82. The molecule has 156 valence electrons. The number of benzene rings is 3. The van der Waals surface area contributed by atoms with Gasteiger partial charge in [0, 0.05) is 41.4 Å². The first-order valence-corrected chi connectivity index (χ1v) is 10.4. The van der Waals surface area contributed by atoms with E-state index < -0.39 is 0 Å². The first-order chi connectivity index (χ1) is 15.7. The fraction of sp³-hybridized carbons (Fsp3) is 0.0769. The van der Waals surface area contributed by atoms with Gasteiger partial charge in [-0.15, -0.1) is 0 Å². The zero-order chi connectivity index (χ0) is 21.9. The molecule has 0 unspecified atom stereocenters. The summed E-state index contributed by atoms with van der Waals surface area (Å²) in [5.41, 5.74) is 4.58. The molecule has 1 aliphatic rings. The SMILES string of the molecule is O=C(Nc1ccc(C(=O)N2CCc3ccccc32)cc1)c1cnc(-c2ccccc2)nc1. The predicted molar refractivity (Wildman–Crippen MR) is 124 cm³/mol. The number of para-hydroxylation sites is 1. The molecule has 32 heavy (non-hydrogen) atoms. The molecule has 0 bridgehead atoms. The molecule has 6 heteroatoms. The van der Waals surface area contributed by atoms with E-state index in [1.54, 1.807) is 29.2 Å². The van der Waals surface area contributed by atoms with Gasteiger partial charge in [-0.25, -0.2) is 9.97 Å². The van der Waals surface area contributed by atoms with Gasteiger partial charge in [0.25, 0.3) is 11.8 Å². The number of rotatable bonds is 4. The summed E-state index contributed by atoms with van der Waals surface area (Å²) >= 11 is 0. The lowest BCUT2D eigenvalue weighted by atomic mass is 10.1. The molecule has 0 spiro atoms. The number of nitrogens with one attached hydrogen (secondary N) is 1. The first-order valence-electron chi connectivity index (χ1n) is 10.4. The summed E-state index contributed by atoms with van der Waals surface area (Å²) in [6.07, 6.45) is 3.88. The van der Waals surface area contributed by atoms with E-state index in [0.717, 1.165) is 17.7 Å². The topological polar surface area (TPSA) is 75.2 Å². The molecule has 1 aliphatic heterocycles. The first kappa shape index (κ1) is 19.6.